The van der Waals surface area contributed by atoms with Gasteiger partial charge in [-0.25, -0.2) is 4.98 Å². The van der Waals surface area contributed by atoms with Gasteiger partial charge in [-0.1, -0.05) is 17.3 Å². The van der Waals surface area contributed by atoms with Crippen LogP contribution in [0.1, 0.15) is 11.5 Å². The van der Waals surface area contributed by atoms with Gasteiger partial charge in [-0.05, 0) is 42.0 Å². The summed E-state index contributed by atoms with van der Waals surface area (Å²) in [6.45, 7) is 0. The number of ether oxygens (including phenoxy) is 3. The third-order valence-corrected chi connectivity index (χ3v) is 4.40. The number of nitrogens with zero attached hydrogens (tertiary/aromatic N) is 3. The zero-order chi connectivity index (χ0) is 19.5. The molecule has 0 aliphatic rings. The average molecular weight is 377 g/mol. The second-order valence-corrected chi connectivity index (χ2v) is 6.14. The van der Waals surface area contributed by atoms with Gasteiger partial charge >= 0.3 is 0 Å². The molecule has 0 saturated heterocycles. The molecule has 28 heavy (non-hydrogen) atoms. The van der Waals surface area contributed by atoms with Crippen LogP contribution in [0, 0.1) is 0 Å². The van der Waals surface area contributed by atoms with Crippen LogP contribution < -0.4 is 14.2 Å². The third kappa shape index (κ3) is 3.46. The van der Waals surface area contributed by atoms with Crippen LogP contribution in [-0.2, 0) is 6.42 Å². The molecule has 0 saturated carbocycles. The molecule has 7 heteroatoms. The monoisotopic (exact) mass is 377 g/mol. The van der Waals surface area contributed by atoms with Crippen LogP contribution in [0.15, 0.2) is 53.1 Å². The van der Waals surface area contributed by atoms with Crippen molar-refractivity contribution < 1.29 is 18.7 Å². The van der Waals surface area contributed by atoms with Gasteiger partial charge < -0.3 is 18.7 Å². The highest BCUT2D eigenvalue weighted by Gasteiger charge is 2.16. The Kier molecular flexibility index (Phi) is 4.80. The smallest absolute Gasteiger partial charge is 0.231 e. The molecule has 0 radical (unpaired) electrons. The van der Waals surface area contributed by atoms with Crippen molar-refractivity contribution in [1.29, 1.82) is 0 Å². The molecule has 0 bridgehead atoms. The lowest BCUT2D eigenvalue weighted by Crippen LogP contribution is -1.95. The largest absolute Gasteiger partial charge is 0.497 e. The zero-order valence-electron chi connectivity index (χ0n) is 15.8. The highest BCUT2D eigenvalue weighted by Crippen LogP contribution is 2.31. The third-order valence-electron chi connectivity index (χ3n) is 4.40. The first-order chi connectivity index (χ1) is 13.7. The Morgan fingerprint density at radius 2 is 1.57 bits per heavy atom. The topological polar surface area (TPSA) is 79.5 Å². The molecule has 0 atom stereocenters. The molecule has 4 aromatic rings. The quantitative estimate of drug-likeness (QED) is 0.504. The summed E-state index contributed by atoms with van der Waals surface area (Å²) >= 11 is 0. The first-order valence-corrected chi connectivity index (χ1v) is 8.69. The number of benzene rings is 2. The molecule has 2 aromatic carbocycles. The van der Waals surface area contributed by atoms with Gasteiger partial charge in [-0.15, -0.1) is 0 Å². The second-order valence-electron chi connectivity index (χ2n) is 6.14. The van der Waals surface area contributed by atoms with E-state index in [-0.39, 0.29) is 0 Å². The molecule has 7 nitrogen and oxygen atoms in total. The minimum Gasteiger partial charge on any atom is -0.497 e. The molecule has 2 heterocycles. The lowest BCUT2D eigenvalue weighted by atomic mass is 10.1. The fourth-order valence-corrected chi connectivity index (χ4v) is 2.93. The molecular formula is C21H19N3O4. The van der Waals surface area contributed by atoms with E-state index >= 15 is 0 Å². The molecule has 0 aliphatic heterocycles. The van der Waals surface area contributed by atoms with Crippen LogP contribution in [0.25, 0.3) is 22.3 Å². The fraction of sp³-hybridized carbons (Fsp3) is 0.190. The lowest BCUT2D eigenvalue weighted by molar-refractivity contribution is 0.383. The Morgan fingerprint density at radius 1 is 0.821 bits per heavy atom. The van der Waals surface area contributed by atoms with Gasteiger partial charge in [0, 0.05) is 5.39 Å². The Hall–Kier alpha value is -3.61. The number of methoxy groups -OCH3 is 3. The van der Waals surface area contributed by atoms with Gasteiger partial charge in [-0.2, -0.15) is 4.98 Å². The molecule has 0 N–H and O–H groups in total. The summed E-state index contributed by atoms with van der Waals surface area (Å²) < 4.78 is 21.3. The number of aromatic nitrogens is 3. The van der Waals surface area contributed by atoms with E-state index in [1.54, 1.807) is 21.3 Å². The number of rotatable bonds is 6. The van der Waals surface area contributed by atoms with E-state index in [2.05, 4.69) is 15.1 Å². The van der Waals surface area contributed by atoms with Crippen LogP contribution >= 0.6 is 0 Å². The summed E-state index contributed by atoms with van der Waals surface area (Å²) in [4.78, 5) is 9.06. The molecule has 0 aliphatic carbocycles. The summed E-state index contributed by atoms with van der Waals surface area (Å²) in [7, 11) is 4.84. The molecule has 0 spiro atoms. The van der Waals surface area contributed by atoms with Crippen molar-refractivity contribution in [3.8, 4) is 28.8 Å². The van der Waals surface area contributed by atoms with Gasteiger partial charge in [0.25, 0.3) is 0 Å². The van der Waals surface area contributed by atoms with Gasteiger partial charge in [0.1, 0.15) is 11.5 Å². The van der Waals surface area contributed by atoms with E-state index < -0.39 is 0 Å². The van der Waals surface area contributed by atoms with Crippen molar-refractivity contribution in [2.24, 2.45) is 0 Å². The molecule has 0 unspecified atom stereocenters. The minimum absolute atomic E-state index is 0.428. The number of hydrogen-bond acceptors (Lipinski definition) is 7. The van der Waals surface area contributed by atoms with Crippen molar-refractivity contribution in [3.05, 3.63) is 60.0 Å². The van der Waals surface area contributed by atoms with Crippen LogP contribution in [0.4, 0.5) is 0 Å². The number of pyridine rings is 1. The van der Waals surface area contributed by atoms with Crippen LogP contribution in [0.3, 0.4) is 0 Å². The van der Waals surface area contributed by atoms with E-state index in [0.29, 0.717) is 29.6 Å². The maximum absolute atomic E-state index is 5.44. The summed E-state index contributed by atoms with van der Waals surface area (Å²) in [5.74, 6) is 2.93. The Labute approximate surface area is 161 Å². The Bertz CT molecular complexity index is 1110. The highest BCUT2D eigenvalue weighted by molar-refractivity contribution is 5.86. The summed E-state index contributed by atoms with van der Waals surface area (Å²) in [5, 5.41) is 5.01. The van der Waals surface area contributed by atoms with Crippen LogP contribution in [0.2, 0.25) is 0 Å². The molecule has 0 fully saturated rings. The van der Waals surface area contributed by atoms with Crippen molar-refractivity contribution >= 4 is 10.9 Å². The van der Waals surface area contributed by atoms with Crippen molar-refractivity contribution in [1.82, 2.24) is 15.1 Å². The van der Waals surface area contributed by atoms with Crippen LogP contribution in [-0.4, -0.2) is 36.5 Å². The summed E-state index contributed by atoms with van der Waals surface area (Å²) in [6.07, 6.45) is 0.522. The predicted octanol–water partition coefficient (Wildman–Crippen LogP) is 3.90. The van der Waals surface area contributed by atoms with Gasteiger partial charge in [0.2, 0.25) is 17.6 Å². The van der Waals surface area contributed by atoms with E-state index in [4.69, 9.17) is 18.7 Å². The normalized spacial score (nSPS) is 10.8. The first kappa shape index (κ1) is 17.8. The van der Waals surface area contributed by atoms with E-state index in [1.807, 2.05) is 48.5 Å². The van der Waals surface area contributed by atoms with E-state index in [0.717, 1.165) is 28.0 Å². The SMILES string of the molecule is COc1ccc(Cc2nc(-c3cc4cc(OC)ccc4nc3OC)no2)cc1. The fourth-order valence-electron chi connectivity index (χ4n) is 2.93. The highest BCUT2D eigenvalue weighted by atomic mass is 16.5. The molecule has 142 valence electrons. The Balaban J connectivity index is 1.67. The lowest BCUT2D eigenvalue weighted by Gasteiger charge is -2.07. The maximum atomic E-state index is 5.44. The van der Waals surface area contributed by atoms with Gasteiger partial charge in [0.05, 0.1) is 38.8 Å². The standard InChI is InChI=1S/C21H19N3O4/c1-25-15-6-4-13(5-7-15)10-19-23-20(24-28-19)17-12-14-11-16(26-2)8-9-18(14)22-21(17)27-3/h4-9,11-12H,10H2,1-3H3. The Morgan fingerprint density at radius 3 is 2.29 bits per heavy atom. The van der Waals surface area contributed by atoms with Crippen LogP contribution in [0.5, 0.6) is 17.4 Å². The van der Waals surface area contributed by atoms with Crippen molar-refractivity contribution in [2.75, 3.05) is 21.3 Å². The molecule has 0 amide bonds. The number of hydrogen-bond donors (Lipinski definition) is 0. The minimum atomic E-state index is 0.428. The summed E-state index contributed by atoms with van der Waals surface area (Å²) in [6, 6.07) is 15.3. The summed E-state index contributed by atoms with van der Waals surface area (Å²) in [5.41, 5.74) is 2.50. The van der Waals surface area contributed by atoms with E-state index in [1.165, 1.54) is 0 Å². The predicted molar refractivity (Wildman–Crippen MR) is 104 cm³/mol. The van der Waals surface area contributed by atoms with Gasteiger partial charge in [-0.3, -0.25) is 0 Å². The van der Waals surface area contributed by atoms with Gasteiger partial charge in [0.15, 0.2) is 0 Å². The maximum Gasteiger partial charge on any atom is 0.231 e. The van der Waals surface area contributed by atoms with E-state index in [9.17, 15) is 0 Å². The zero-order valence-corrected chi connectivity index (χ0v) is 15.8. The number of fused-ring (bicyclic) bond motifs is 1. The first-order valence-electron chi connectivity index (χ1n) is 8.69. The van der Waals surface area contributed by atoms with Crippen molar-refractivity contribution in [3.63, 3.8) is 0 Å². The average Bonchev–Trinajstić information content (AvgIpc) is 3.21. The van der Waals surface area contributed by atoms with Crippen molar-refractivity contribution in [2.45, 2.75) is 6.42 Å². The molecule has 2 aromatic heterocycles. The molecular weight excluding hydrogens is 358 g/mol. The second kappa shape index (κ2) is 7.56. The molecule has 4 rings (SSSR count).